The maximum atomic E-state index is 12.8. The van der Waals surface area contributed by atoms with E-state index in [0.717, 1.165) is 5.56 Å². The molecule has 0 unspecified atom stereocenters. The molecule has 0 amide bonds. The summed E-state index contributed by atoms with van der Waals surface area (Å²) in [5.41, 5.74) is 1.57. The topological polar surface area (TPSA) is 50.7 Å². The molecule has 0 aromatic carbocycles. The largest absolute Gasteiger partial charge is 0.451 e. The summed E-state index contributed by atoms with van der Waals surface area (Å²) in [4.78, 5) is 11.0. The maximum Gasteiger partial charge on any atom is 0.451 e. The summed E-state index contributed by atoms with van der Waals surface area (Å²) < 4.78 is 38.4. The molecule has 0 atom stereocenters. The minimum atomic E-state index is -4.59. The van der Waals surface area contributed by atoms with E-state index < -0.39 is 12.0 Å². The van der Waals surface area contributed by atoms with Crippen molar-refractivity contribution in [3.05, 3.63) is 35.9 Å². The third-order valence-corrected chi connectivity index (χ3v) is 2.51. The molecule has 0 radical (unpaired) electrons. The van der Waals surface area contributed by atoms with E-state index in [0.29, 0.717) is 12.1 Å². The highest BCUT2D eigenvalue weighted by Gasteiger charge is 2.35. The summed E-state index contributed by atoms with van der Waals surface area (Å²) in [5, 5.41) is 2.77. The van der Waals surface area contributed by atoms with Crippen molar-refractivity contribution in [3.63, 3.8) is 0 Å². The molecule has 0 aliphatic heterocycles. The Morgan fingerprint density at radius 1 is 1.15 bits per heavy atom. The molecule has 2 heterocycles. The first-order valence-electron chi connectivity index (χ1n) is 6.02. The number of halogens is 3. The van der Waals surface area contributed by atoms with Gasteiger partial charge in [-0.15, -0.1) is 0 Å². The average Bonchev–Trinajstić information content (AvgIpc) is 2.38. The maximum absolute atomic E-state index is 12.8. The zero-order valence-corrected chi connectivity index (χ0v) is 11.0. The molecule has 1 N–H and O–H groups in total. The number of pyridine rings is 1. The Hall–Kier alpha value is -2.18. The minimum absolute atomic E-state index is 0.145. The van der Waals surface area contributed by atoms with Gasteiger partial charge in [-0.05, 0) is 25.5 Å². The lowest BCUT2D eigenvalue weighted by Gasteiger charge is -2.11. The normalized spacial score (nSPS) is 11.4. The summed E-state index contributed by atoms with van der Waals surface area (Å²) in [6.07, 6.45) is -1.48. The molecule has 0 saturated heterocycles. The van der Waals surface area contributed by atoms with Crippen LogP contribution in [-0.4, -0.2) is 21.5 Å². The van der Waals surface area contributed by atoms with Gasteiger partial charge in [0.15, 0.2) is 0 Å². The fraction of sp³-hybridized carbons (Fsp3) is 0.308. The van der Waals surface area contributed by atoms with Crippen molar-refractivity contribution in [2.45, 2.75) is 20.0 Å². The minimum Gasteiger partial charge on any atom is -0.370 e. The Kier molecular flexibility index (Phi) is 3.87. The fourth-order valence-electron chi connectivity index (χ4n) is 1.69. The second-order valence-corrected chi connectivity index (χ2v) is 4.24. The second-order valence-electron chi connectivity index (χ2n) is 4.24. The first kappa shape index (κ1) is 14.2. The first-order valence-corrected chi connectivity index (χ1v) is 6.02. The zero-order chi connectivity index (χ0) is 14.8. The Morgan fingerprint density at radius 3 is 2.50 bits per heavy atom. The van der Waals surface area contributed by atoms with Gasteiger partial charge in [0.1, 0.15) is 5.82 Å². The summed E-state index contributed by atoms with van der Waals surface area (Å²) in [6, 6.07) is 3.21. The summed E-state index contributed by atoms with van der Waals surface area (Å²) in [5.74, 6) is -1.02. The SMILES string of the molecule is CCNc1cc(-c2cncc(C)c2)nc(C(F)(F)F)n1. The van der Waals surface area contributed by atoms with Gasteiger partial charge in [-0.1, -0.05) is 0 Å². The van der Waals surface area contributed by atoms with Gasteiger partial charge in [-0.3, -0.25) is 4.98 Å². The van der Waals surface area contributed by atoms with Gasteiger partial charge in [0, 0.05) is 30.6 Å². The van der Waals surface area contributed by atoms with Crippen molar-refractivity contribution in [3.8, 4) is 11.3 Å². The molecule has 2 aromatic rings. The predicted molar refractivity (Wildman–Crippen MR) is 69.2 cm³/mol. The number of rotatable bonds is 3. The highest BCUT2D eigenvalue weighted by Crippen LogP contribution is 2.29. The number of hydrogen-bond acceptors (Lipinski definition) is 4. The van der Waals surface area contributed by atoms with Gasteiger partial charge >= 0.3 is 6.18 Å². The Labute approximate surface area is 114 Å². The number of hydrogen-bond donors (Lipinski definition) is 1. The average molecular weight is 282 g/mol. The Balaban J connectivity index is 2.54. The molecule has 0 saturated carbocycles. The number of anilines is 1. The van der Waals surface area contributed by atoms with Gasteiger partial charge in [0.2, 0.25) is 5.82 Å². The smallest absolute Gasteiger partial charge is 0.370 e. The summed E-state index contributed by atoms with van der Waals surface area (Å²) in [7, 11) is 0. The Morgan fingerprint density at radius 2 is 1.90 bits per heavy atom. The molecular formula is C13H13F3N4. The van der Waals surface area contributed by atoms with E-state index in [2.05, 4.69) is 20.3 Å². The molecule has 106 valence electrons. The predicted octanol–water partition coefficient (Wildman–Crippen LogP) is 3.30. The number of alkyl halides is 3. The number of nitrogens with zero attached hydrogens (tertiary/aromatic N) is 3. The second kappa shape index (κ2) is 5.44. The van der Waals surface area contributed by atoms with Crippen LogP contribution < -0.4 is 5.32 Å². The molecule has 0 fully saturated rings. The van der Waals surface area contributed by atoms with E-state index in [1.807, 2.05) is 6.92 Å². The fourth-order valence-corrected chi connectivity index (χ4v) is 1.69. The van der Waals surface area contributed by atoms with Gasteiger partial charge < -0.3 is 5.32 Å². The van der Waals surface area contributed by atoms with Crippen molar-refractivity contribution in [1.29, 1.82) is 0 Å². The van der Waals surface area contributed by atoms with Crippen molar-refractivity contribution in [1.82, 2.24) is 15.0 Å². The molecule has 0 spiro atoms. The van der Waals surface area contributed by atoms with E-state index in [1.165, 1.54) is 12.3 Å². The van der Waals surface area contributed by atoms with Crippen LogP contribution in [0.4, 0.5) is 19.0 Å². The van der Waals surface area contributed by atoms with Crippen molar-refractivity contribution < 1.29 is 13.2 Å². The van der Waals surface area contributed by atoms with E-state index in [9.17, 15) is 13.2 Å². The molecule has 2 rings (SSSR count). The van der Waals surface area contributed by atoms with Gasteiger partial charge in [-0.2, -0.15) is 13.2 Å². The lowest BCUT2D eigenvalue weighted by atomic mass is 10.1. The van der Waals surface area contributed by atoms with Crippen molar-refractivity contribution >= 4 is 5.82 Å². The van der Waals surface area contributed by atoms with Crippen LogP contribution in [0.5, 0.6) is 0 Å². The molecule has 0 aliphatic carbocycles. The molecular weight excluding hydrogens is 269 g/mol. The summed E-state index contributed by atoms with van der Waals surface area (Å²) >= 11 is 0. The van der Waals surface area contributed by atoms with Crippen LogP contribution in [0.2, 0.25) is 0 Å². The molecule has 7 heteroatoms. The van der Waals surface area contributed by atoms with Crippen LogP contribution in [0.25, 0.3) is 11.3 Å². The highest BCUT2D eigenvalue weighted by molar-refractivity contribution is 5.62. The monoisotopic (exact) mass is 282 g/mol. The van der Waals surface area contributed by atoms with Crippen molar-refractivity contribution in [2.24, 2.45) is 0 Å². The molecule has 4 nitrogen and oxygen atoms in total. The molecule has 2 aromatic heterocycles. The van der Waals surface area contributed by atoms with Crippen molar-refractivity contribution in [2.75, 3.05) is 11.9 Å². The lowest BCUT2D eigenvalue weighted by molar-refractivity contribution is -0.144. The van der Waals surface area contributed by atoms with E-state index >= 15 is 0 Å². The zero-order valence-electron chi connectivity index (χ0n) is 11.0. The van der Waals surface area contributed by atoms with Crippen LogP contribution in [0.3, 0.4) is 0 Å². The standard InChI is InChI=1S/C13H13F3N4/c1-3-18-11-5-10(9-4-8(2)6-17-7-9)19-12(20-11)13(14,15)16/h4-7H,3H2,1-2H3,(H,18,19,20). The van der Waals surface area contributed by atoms with Crippen LogP contribution in [-0.2, 0) is 6.18 Å². The van der Waals surface area contributed by atoms with E-state index in [-0.39, 0.29) is 11.5 Å². The van der Waals surface area contributed by atoms with Crippen LogP contribution in [0, 0.1) is 6.92 Å². The lowest BCUT2D eigenvalue weighted by Crippen LogP contribution is -2.13. The van der Waals surface area contributed by atoms with Gasteiger partial charge in [0.25, 0.3) is 0 Å². The number of aryl methyl sites for hydroxylation is 1. The van der Waals surface area contributed by atoms with Crippen LogP contribution in [0.1, 0.15) is 18.3 Å². The first-order chi connectivity index (χ1) is 9.40. The number of nitrogens with one attached hydrogen (secondary N) is 1. The third-order valence-electron chi connectivity index (χ3n) is 2.51. The molecule has 0 bridgehead atoms. The van der Waals surface area contributed by atoms with Crippen LogP contribution in [0.15, 0.2) is 24.5 Å². The van der Waals surface area contributed by atoms with Crippen LogP contribution >= 0.6 is 0 Å². The highest BCUT2D eigenvalue weighted by atomic mass is 19.4. The Bertz CT molecular complexity index is 611. The molecule has 20 heavy (non-hydrogen) atoms. The summed E-state index contributed by atoms with van der Waals surface area (Å²) in [6.45, 7) is 4.07. The third kappa shape index (κ3) is 3.23. The number of aromatic nitrogens is 3. The quantitative estimate of drug-likeness (QED) is 0.938. The van der Waals surface area contributed by atoms with Gasteiger partial charge in [0.05, 0.1) is 5.69 Å². The molecule has 0 aliphatic rings. The van der Waals surface area contributed by atoms with E-state index in [1.54, 1.807) is 19.2 Å². The van der Waals surface area contributed by atoms with E-state index in [4.69, 9.17) is 0 Å². The van der Waals surface area contributed by atoms with Gasteiger partial charge in [-0.25, -0.2) is 9.97 Å².